The van der Waals surface area contributed by atoms with E-state index in [0.29, 0.717) is 19.3 Å². The number of amides is 1. The lowest BCUT2D eigenvalue weighted by atomic mass is 10.2. The van der Waals surface area contributed by atoms with Gasteiger partial charge >= 0.3 is 0 Å². The first kappa shape index (κ1) is 13.8. The number of nitrogens with zero attached hydrogens (tertiary/aromatic N) is 1. The third-order valence-corrected chi connectivity index (χ3v) is 6.80. The van der Waals surface area contributed by atoms with Crippen LogP contribution in [0, 0.1) is 0 Å². The molecule has 2 atom stereocenters. The molecule has 1 N–H and O–H groups in total. The molecule has 2 aliphatic heterocycles. The molecule has 0 aromatic heterocycles. The minimum atomic E-state index is -3.07. The van der Waals surface area contributed by atoms with E-state index in [1.807, 2.05) is 0 Å². The Kier molecular flexibility index (Phi) is 3.65. The minimum Gasteiger partial charge on any atom is -0.277 e. The summed E-state index contributed by atoms with van der Waals surface area (Å²) in [4.78, 5) is 11.0. The molecule has 2 heterocycles. The molecule has 0 radical (unpaired) electrons. The summed E-state index contributed by atoms with van der Waals surface area (Å²) in [5, 5.41) is 1.22. The molecule has 0 aromatic carbocycles. The fourth-order valence-electron chi connectivity index (χ4n) is 2.32. The molecule has 0 aliphatic carbocycles. The van der Waals surface area contributed by atoms with Crippen molar-refractivity contribution in [1.82, 2.24) is 10.4 Å². The largest absolute Gasteiger partial charge is 0.277 e. The van der Waals surface area contributed by atoms with Crippen LogP contribution < -0.4 is 5.43 Å². The molecule has 2 aliphatic rings. The maximum absolute atomic E-state index is 11.3. The summed E-state index contributed by atoms with van der Waals surface area (Å²) >= 11 is 0. The standard InChI is InChI=1S/C9H16N2O5S2/c12-7-11(9-2-4-18(15,16)6-9)10-8-1-3-17(13,14)5-8/h7-10H,1-6H2/t8-,9+/m0/s1. The number of carbonyl (C=O) groups excluding carboxylic acids is 1. The van der Waals surface area contributed by atoms with Crippen molar-refractivity contribution in [2.45, 2.75) is 24.9 Å². The Bertz CT molecular complexity index is 527. The van der Waals surface area contributed by atoms with Gasteiger partial charge in [-0.1, -0.05) is 0 Å². The average Bonchev–Trinajstić information content (AvgIpc) is 2.78. The summed E-state index contributed by atoms with van der Waals surface area (Å²) in [5.74, 6) is 0.127. The summed E-state index contributed by atoms with van der Waals surface area (Å²) in [7, 11) is -6.08. The second-order valence-corrected chi connectivity index (χ2v) is 9.26. The molecule has 0 bridgehead atoms. The molecule has 104 valence electrons. The van der Waals surface area contributed by atoms with Crippen molar-refractivity contribution in [2.24, 2.45) is 0 Å². The Morgan fingerprint density at radius 1 is 1.00 bits per heavy atom. The van der Waals surface area contributed by atoms with Gasteiger partial charge in [-0.15, -0.1) is 0 Å². The van der Waals surface area contributed by atoms with E-state index >= 15 is 0 Å². The number of carbonyl (C=O) groups is 1. The topological polar surface area (TPSA) is 101 Å². The van der Waals surface area contributed by atoms with Gasteiger partial charge in [0.15, 0.2) is 19.7 Å². The second-order valence-electron chi connectivity index (χ2n) is 4.80. The normalized spacial score (nSPS) is 33.3. The predicted octanol–water partition coefficient (Wildman–Crippen LogP) is -1.68. The van der Waals surface area contributed by atoms with E-state index in [-0.39, 0.29) is 29.1 Å². The van der Waals surface area contributed by atoms with Crippen LogP contribution in [0.4, 0.5) is 0 Å². The molecule has 1 amide bonds. The van der Waals surface area contributed by atoms with Gasteiger partial charge in [0, 0.05) is 6.04 Å². The predicted molar refractivity (Wildman–Crippen MR) is 65.2 cm³/mol. The van der Waals surface area contributed by atoms with Crippen molar-refractivity contribution in [3.05, 3.63) is 0 Å². The van der Waals surface area contributed by atoms with Gasteiger partial charge in [-0.2, -0.15) is 0 Å². The molecule has 2 fully saturated rings. The highest BCUT2D eigenvalue weighted by atomic mass is 32.2. The van der Waals surface area contributed by atoms with E-state index in [0.717, 1.165) is 0 Å². The summed E-state index contributed by atoms with van der Waals surface area (Å²) in [5.41, 5.74) is 2.82. The quantitative estimate of drug-likeness (QED) is 0.491. The number of hydrogen-bond donors (Lipinski definition) is 1. The first-order valence-electron chi connectivity index (χ1n) is 5.72. The molecular formula is C9H16N2O5S2. The Morgan fingerprint density at radius 2 is 1.61 bits per heavy atom. The van der Waals surface area contributed by atoms with E-state index in [4.69, 9.17) is 0 Å². The number of hydrogen-bond acceptors (Lipinski definition) is 6. The lowest BCUT2D eigenvalue weighted by Gasteiger charge is -2.27. The van der Waals surface area contributed by atoms with E-state index < -0.39 is 25.7 Å². The number of sulfone groups is 2. The first-order valence-corrected chi connectivity index (χ1v) is 9.36. The Balaban J connectivity index is 1.97. The monoisotopic (exact) mass is 296 g/mol. The Morgan fingerprint density at radius 3 is 2.06 bits per heavy atom. The summed E-state index contributed by atoms with van der Waals surface area (Å²) in [6.07, 6.45) is 1.39. The summed E-state index contributed by atoms with van der Waals surface area (Å²) in [6, 6.07) is -0.695. The maximum Gasteiger partial charge on any atom is 0.224 e. The van der Waals surface area contributed by atoms with Crippen LogP contribution in [0.15, 0.2) is 0 Å². The SMILES string of the molecule is O=CN(N[C@H]1CCS(=O)(=O)C1)[C@@H]1CCS(=O)(=O)C1. The van der Waals surface area contributed by atoms with E-state index in [2.05, 4.69) is 5.43 Å². The van der Waals surface area contributed by atoms with Crippen LogP contribution in [0.2, 0.25) is 0 Å². The highest BCUT2D eigenvalue weighted by Crippen LogP contribution is 2.17. The molecule has 0 unspecified atom stereocenters. The highest BCUT2D eigenvalue weighted by Gasteiger charge is 2.35. The van der Waals surface area contributed by atoms with Crippen molar-refractivity contribution < 1.29 is 21.6 Å². The fourth-order valence-corrected chi connectivity index (χ4v) is 5.70. The summed E-state index contributed by atoms with van der Waals surface area (Å²) in [6.45, 7) is 0. The fraction of sp³-hybridized carbons (Fsp3) is 0.889. The van der Waals surface area contributed by atoms with Gasteiger partial charge in [-0.05, 0) is 12.8 Å². The molecule has 0 saturated carbocycles. The van der Waals surface area contributed by atoms with Crippen molar-refractivity contribution in [3.8, 4) is 0 Å². The second kappa shape index (κ2) is 4.78. The third kappa shape index (κ3) is 3.21. The lowest BCUT2D eigenvalue weighted by Crippen LogP contribution is -2.50. The zero-order valence-corrected chi connectivity index (χ0v) is 11.4. The highest BCUT2D eigenvalue weighted by molar-refractivity contribution is 7.91. The zero-order valence-electron chi connectivity index (χ0n) is 9.78. The van der Waals surface area contributed by atoms with Crippen LogP contribution in [-0.4, -0.2) is 63.3 Å². The van der Waals surface area contributed by atoms with Crippen molar-refractivity contribution in [1.29, 1.82) is 0 Å². The van der Waals surface area contributed by atoms with Gasteiger partial charge in [0.1, 0.15) is 0 Å². The molecule has 2 saturated heterocycles. The van der Waals surface area contributed by atoms with Crippen LogP contribution in [0.25, 0.3) is 0 Å². The molecule has 0 spiro atoms. The van der Waals surface area contributed by atoms with Gasteiger partial charge in [-0.3, -0.25) is 9.80 Å². The van der Waals surface area contributed by atoms with Gasteiger partial charge in [0.25, 0.3) is 0 Å². The molecule has 0 aromatic rings. The average molecular weight is 296 g/mol. The minimum absolute atomic E-state index is 0.00316. The van der Waals surface area contributed by atoms with Crippen molar-refractivity contribution in [2.75, 3.05) is 23.0 Å². The molecule has 2 rings (SSSR count). The number of rotatable bonds is 4. The van der Waals surface area contributed by atoms with Crippen LogP contribution in [-0.2, 0) is 24.5 Å². The molecular weight excluding hydrogens is 280 g/mol. The van der Waals surface area contributed by atoms with E-state index in [9.17, 15) is 21.6 Å². The molecule has 9 heteroatoms. The van der Waals surface area contributed by atoms with Gasteiger partial charge < -0.3 is 0 Å². The van der Waals surface area contributed by atoms with Gasteiger partial charge in [0.2, 0.25) is 6.41 Å². The van der Waals surface area contributed by atoms with E-state index in [1.54, 1.807) is 0 Å². The smallest absolute Gasteiger partial charge is 0.224 e. The van der Waals surface area contributed by atoms with Crippen molar-refractivity contribution >= 4 is 26.1 Å². The third-order valence-electron chi connectivity index (χ3n) is 3.28. The molecule has 7 nitrogen and oxygen atoms in total. The lowest BCUT2D eigenvalue weighted by molar-refractivity contribution is -0.123. The van der Waals surface area contributed by atoms with Crippen LogP contribution in [0.5, 0.6) is 0 Å². The van der Waals surface area contributed by atoms with Gasteiger partial charge in [0.05, 0.1) is 29.1 Å². The number of nitrogens with one attached hydrogen (secondary N) is 1. The summed E-state index contributed by atoms with van der Waals surface area (Å²) < 4.78 is 45.3. The van der Waals surface area contributed by atoms with Crippen LogP contribution in [0.1, 0.15) is 12.8 Å². The van der Waals surface area contributed by atoms with Crippen molar-refractivity contribution in [3.63, 3.8) is 0 Å². The van der Waals surface area contributed by atoms with Gasteiger partial charge in [-0.25, -0.2) is 22.3 Å². The molecule has 18 heavy (non-hydrogen) atoms. The van der Waals surface area contributed by atoms with E-state index in [1.165, 1.54) is 5.01 Å². The Hall–Kier alpha value is -0.670. The number of hydrazine groups is 1. The van der Waals surface area contributed by atoms with Crippen LogP contribution in [0.3, 0.4) is 0 Å². The Labute approximate surface area is 106 Å². The van der Waals surface area contributed by atoms with Crippen LogP contribution >= 0.6 is 0 Å². The first-order chi connectivity index (χ1) is 8.31. The zero-order chi connectivity index (χ0) is 13.4. The maximum atomic E-state index is 11.3.